The van der Waals surface area contributed by atoms with Crippen molar-refractivity contribution in [3.8, 4) is 0 Å². The summed E-state index contributed by atoms with van der Waals surface area (Å²) in [5.41, 5.74) is -0.135. The van der Waals surface area contributed by atoms with E-state index < -0.39 is 11.6 Å². The minimum Gasteiger partial charge on any atom is -0.478 e. The van der Waals surface area contributed by atoms with Gasteiger partial charge < -0.3 is 15.1 Å². The van der Waals surface area contributed by atoms with Crippen LogP contribution >= 0.6 is 0 Å². The molecular weight excluding hydrogens is 232 g/mol. The van der Waals surface area contributed by atoms with E-state index in [4.69, 9.17) is 5.11 Å². The molecule has 100 valence electrons. The van der Waals surface area contributed by atoms with Gasteiger partial charge in [0.25, 0.3) is 0 Å². The van der Waals surface area contributed by atoms with Gasteiger partial charge in [-0.3, -0.25) is 0 Å². The van der Waals surface area contributed by atoms with Crippen molar-refractivity contribution in [2.45, 2.75) is 33.3 Å². The fourth-order valence-corrected chi connectivity index (χ4v) is 1.77. The average molecular weight is 252 g/mol. The maximum atomic E-state index is 10.9. The van der Waals surface area contributed by atoms with E-state index in [-0.39, 0.29) is 5.56 Å². The Kier molecular flexibility index (Phi) is 4.29. The summed E-state index contributed by atoms with van der Waals surface area (Å²) in [6.07, 6.45) is 0. The summed E-state index contributed by atoms with van der Waals surface area (Å²) in [4.78, 5) is 17.1. The molecule has 0 aliphatic carbocycles. The highest BCUT2D eigenvalue weighted by Gasteiger charge is 2.19. The van der Waals surface area contributed by atoms with Gasteiger partial charge in [0.05, 0.1) is 16.9 Å². The van der Waals surface area contributed by atoms with Crippen molar-refractivity contribution in [2.24, 2.45) is 0 Å². The van der Waals surface area contributed by atoms with E-state index in [1.807, 2.05) is 11.8 Å². The molecule has 1 heterocycles. The fraction of sp³-hybridized carbons (Fsp3) is 0.538. The van der Waals surface area contributed by atoms with Gasteiger partial charge in [0.1, 0.15) is 5.82 Å². The number of aryl methyl sites for hydroxylation is 1. The molecular formula is C13H20N2O3. The smallest absolute Gasteiger partial charge is 0.337 e. The molecule has 2 N–H and O–H groups in total. The Morgan fingerprint density at radius 1 is 1.44 bits per heavy atom. The van der Waals surface area contributed by atoms with Crippen molar-refractivity contribution in [3.63, 3.8) is 0 Å². The number of anilines is 1. The first kappa shape index (κ1) is 14.4. The Labute approximate surface area is 107 Å². The zero-order valence-corrected chi connectivity index (χ0v) is 11.3. The van der Waals surface area contributed by atoms with Gasteiger partial charge in [-0.2, -0.15) is 0 Å². The molecule has 0 unspecified atom stereocenters. The lowest BCUT2D eigenvalue weighted by atomic mass is 10.1. The second kappa shape index (κ2) is 5.35. The Morgan fingerprint density at radius 2 is 2.06 bits per heavy atom. The third kappa shape index (κ3) is 3.70. The number of aliphatic hydroxyl groups is 1. The highest BCUT2D eigenvalue weighted by atomic mass is 16.4. The van der Waals surface area contributed by atoms with Crippen LogP contribution in [0.5, 0.6) is 0 Å². The summed E-state index contributed by atoms with van der Waals surface area (Å²) in [5.74, 6) is -0.292. The van der Waals surface area contributed by atoms with Gasteiger partial charge in [0.2, 0.25) is 0 Å². The van der Waals surface area contributed by atoms with Crippen LogP contribution in [-0.4, -0.2) is 39.9 Å². The van der Waals surface area contributed by atoms with Gasteiger partial charge >= 0.3 is 5.97 Å². The van der Waals surface area contributed by atoms with Gasteiger partial charge in [-0.25, -0.2) is 9.78 Å². The van der Waals surface area contributed by atoms with E-state index in [0.717, 1.165) is 0 Å². The van der Waals surface area contributed by atoms with Gasteiger partial charge in [0, 0.05) is 13.1 Å². The minimum atomic E-state index is -0.975. The van der Waals surface area contributed by atoms with E-state index in [1.165, 1.54) is 0 Å². The molecule has 0 radical (unpaired) electrons. The lowest BCUT2D eigenvalue weighted by Crippen LogP contribution is -2.39. The molecule has 0 saturated carbocycles. The fourth-order valence-electron chi connectivity index (χ4n) is 1.77. The molecule has 0 amide bonds. The molecule has 0 atom stereocenters. The van der Waals surface area contributed by atoms with E-state index >= 15 is 0 Å². The van der Waals surface area contributed by atoms with Crippen LogP contribution in [0, 0.1) is 6.92 Å². The Hall–Kier alpha value is -1.62. The molecule has 1 aromatic rings. The van der Waals surface area contributed by atoms with Gasteiger partial charge in [-0.1, -0.05) is 0 Å². The second-order valence-electron chi connectivity index (χ2n) is 4.93. The zero-order valence-electron chi connectivity index (χ0n) is 11.3. The van der Waals surface area contributed by atoms with Crippen LogP contribution in [0.2, 0.25) is 0 Å². The monoisotopic (exact) mass is 252 g/mol. The lowest BCUT2D eigenvalue weighted by molar-refractivity contribution is 0.0695. The summed E-state index contributed by atoms with van der Waals surface area (Å²) in [7, 11) is 0. The van der Waals surface area contributed by atoms with Crippen LogP contribution in [0.4, 0.5) is 5.82 Å². The van der Waals surface area contributed by atoms with E-state index in [2.05, 4.69) is 4.98 Å². The Balaban J connectivity index is 3.01. The van der Waals surface area contributed by atoms with E-state index in [9.17, 15) is 9.90 Å². The number of hydrogen-bond donors (Lipinski definition) is 2. The maximum absolute atomic E-state index is 10.9. The molecule has 0 aliphatic rings. The van der Waals surface area contributed by atoms with Crippen LogP contribution in [0.15, 0.2) is 12.1 Å². The van der Waals surface area contributed by atoms with Crippen molar-refractivity contribution in [2.75, 3.05) is 18.0 Å². The largest absolute Gasteiger partial charge is 0.478 e. The van der Waals surface area contributed by atoms with E-state index in [0.29, 0.717) is 24.6 Å². The van der Waals surface area contributed by atoms with Gasteiger partial charge in [-0.15, -0.1) is 0 Å². The molecule has 0 fully saturated rings. The lowest BCUT2D eigenvalue weighted by Gasteiger charge is -2.29. The molecule has 1 aromatic heterocycles. The standard InChI is InChI=1S/C13H20N2O3/c1-5-15(8-13(3,4)18)11-7-6-10(12(16)17)9(2)14-11/h6-7,18H,5,8H2,1-4H3,(H,16,17). The zero-order chi connectivity index (χ0) is 13.9. The summed E-state index contributed by atoms with van der Waals surface area (Å²) in [6, 6.07) is 3.22. The van der Waals surface area contributed by atoms with Crippen LogP contribution < -0.4 is 4.90 Å². The van der Waals surface area contributed by atoms with Crippen molar-refractivity contribution in [3.05, 3.63) is 23.4 Å². The number of aromatic carboxylic acids is 1. The van der Waals surface area contributed by atoms with Gasteiger partial charge in [0.15, 0.2) is 0 Å². The summed E-state index contributed by atoms with van der Waals surface area (Å²) in [5, 5.41) is 18.8. The quantitative estimate of drug-likeness (QED) is 0.834. The number of rotatable bonds is 5. The highest BCUT2D eigenvalue weighted by Crippen LogP contribution is 2.17. The predicted molar refractivity (Wildman–Crippen MR) is 70.1 cm³/mol. The first-order valence-electron chi connectivity index (χ1n) is 5.93. The average Bonchev–Trinajstić information content (AvgIpc) is 2.24. The number of pyridine rings is 1. The summed E-state index contributed by atoms with van der Waals surface area (Å²) in [6.45, 7) is 8.24. The Bertz CT molecular complexity index is 438. The molecule has 1 rings (SSSR count). The molecule has 0 aliphatic heterocycles. The molecule has 0 spiro atoms. The molecule has 0 aromatic carbocycles. The number of carboxylic acid groups (broad SMARTS) is 1. The molecule has 0 bridgehead atoms. The predicted octanol–water partition coefficient (Wildman–Crippen LogP) is 1.69. The number of aromatic nitrogens is 1. The second-order valence-corrected chi connectivity index (χ2v) is 4.93. The number of carbonyl (C=O) groups is 1. The van der Waals surface area contributed by atoms with Crippen molar-refractivity contribution >= 4 is 11.8 Å². The number of carboxylic acids is 1. The third-order valence-electron chi connectivity index (χ3n) is 2.59. The normalized spacial score (nSPS) is 11.4. The number of hydrogen-bond acceptors (Lipinski definition) is 4. The first-order chi connectivity index (χ1) is 8.24. The third-order valence-corrected chi connectivity index (χ3v) is 2.59. The molecule has 0 saturated heterocycles. The molecule has 18 heavy (non-hydrogen) atoms. The van der Waals surface area contributed by atoms with Crippen molar-refractivity contribution in [1.29, 1.82) is 0 Å². The summed E-state index contributed by atoms with van der Waals surface area (Å²) >= 11 is 0. The van der Waals surface area contributed by atoms with Crippen molar-refractivity contribution < 1.29 is 15.0 Å². The Morgan fingerprint density at radius 3 is 2.44 bits per heavy atom. The summed E-state index contributed by atoms with van der Waals surface area (Å²) < 4.78 is 0. The highest BCUT2D eigenvalue weighted by molar-refractivity contribution is 5.89. The SMILES string of the molecule is CCN(CC(C)(C)O)c1ccc(C(=O)O)c(C)n1. The van der Waals surface area contributed by atoms with Gasteiger partial charge in [-0.05, 0) is 39.8 Å². The minimum absolute atomic E-state index is 0.207. The molecule has 5 heteroatoms. The van der Waals surface area contributed by atoms with Crippen LogP contribution in [-0.2, 0) is 0 Å². The van der Waals surface area contributed by atoms with Crippen molar-refractivity contribution in [1.82, 2.24) is 4.98 Å². The van der Waals surface area contributed by atoms with Crippen LogP contribution in [0.3, 0.4) is 0 Å². The topological polar surface area (TPSA) is 73.7 Å². The van der Waals surface area contributed by atoms with Crippen LogP contribution in [0.25, 0.3) is 0 Å². The first-order valence-corrected chi connectivity index (χ1v) is 5.93. The number of nitrogens with zero attached hydrogens (tertiary/aromatic N) is 2. The van der Waals surface area contributed by atoms with Crippen LogP contribution in [0.1, 0.15) is 36.8 Å². The van der Waals surface area contributed by atoms with E-state index in [1.54, 1.807) is 32.9 Å². The maximum Gasteiger partial charge on any atom is 0.337 e. The molecule has 5 nitrogen and oxygen atoms in total. The number of likely N-dealkylation sites (N-methyl/N-ethyl adjacent to an activating group) is 1.